The van der Waals surface area contributed by atoms with Crippen molar-refractivity contribution in [2.75, 3.05) is 26.8 Å². The first-order valence-corrected chi connectivity index (χ1v) is 10.5. The van der Waals surface area contributed by atoms with Crippen LogP contribution in [0, 0.1) is 13.8 Å². The van der Waals surface area contributed by atoms with Crippen LogP contribution in [-0.2, 0) is 11.3 Å². The predicted octanol–water partition coefficient (Wildman–Crippen LogP) is 2.66. The lowest BCUT2D eigenvalue weighted by Gasteiger charge is -2.32. The second-order valence-corrected chi connectivity index (χ2v) is 8.35. The van der Waals surface area contributed by atoms with Crippen LogP contribution in [-0.4, -0.2) is 52.0 Å². The van der Waals surface area contributed by atoms with E-state index in [0.717, 1.165) is 49.2 Å². The van der Waals surface area contributed by atoms with Crippen LogP contribution in [0.25, 0.3) is 0 Å². The van der Waals surface area contributed by atoms with Crippen molar-refractivity contribution in [3.05, 3.63) is 51.2 Å². The van der Waals surface area contributed by atoms with Crippen LogP contribution in [0.2, 0.25) is 0 Å². The maximum atomic E-state index is 13.1. The third kappa shape index (κ3) is 4.01. The molecule has 2 aromatic rings. The number of benzene rings is 1. The summed E-state index contributed by atoms with van der Waals surface area (Å²) < 4.78 is 8.53. The average Bonchev–Trinajstić information content (AvgIpc) is 3.51. The Balaban J connectivity index is 1.57. The fourth-order valence-electron chi connectivity index (χ4n) is 4.14. The molecular weight excluding hydrogens is 368 g/mol. The molecule has 1 aromatic carbocycles. The summed E-state index contributed by atoms with van der Waals surface area (Å²) >= 11 is 0. The zero-order valence-electron chi connectivity index (χ0n) is 17.6. The van der Waals surface area contributed by atoms with Crippen molar-refractivity contribution >= 4 is 5.91 Å². The van der Waals surface area contributed by atoms with Gasteiger partial charge in [0.15, 0.2) is 0 Å². The second kappa shape index (κ2) is 8.14. The lowest BCUT2D eigenvalue weighted by molar-refractivity contribution is 0.0703. The number of methoxy groups -OCH3 is 1. The first-order valence-electron chi connectivity index (χ1n) is 10.5. The van der Waals surface area contributed by atoms with E-state index < -0.39 is 0 Å². The van der Waals surface area contributed by atoms with E-state index in [9.17, 15) is 9.59 Å². The Morgan fingerprint density at radius 3 is 2.69 bits per heavy atom. The molecule has 0 bridgehead atoms. The number of likely N-dealkylation sites (tertiary alicyclic amines) is 1. The van der Waals surface area contributed by atoms with E-state index >= 15 is 0 Å². The number of hydrogen-bond donors (Lipinski definition) is 0. The summed E-state index contributed by atoms with van der Waals surface area (Å²) in [5.41, 5.74) is 3.01. The van der Waals surface area contributed by atoms with Gasteiger partial charge in [-0.1, -0.05) is 6.07 Å². The van der Waals surface area contributed by atoms with Gasteiger partial charge in [-0.15, -0.1) is 0 Å². The Labute approximate surface area is 171 Å². The highest BCUT2D eigenvalue weighted by Crippen LogP contribution is 2.37. The molecule has 1 atom stereocenters. The topological polar surface area (TPSA) is 69.4 Å². The number of piperidine rings is 1. The molecule has 1 aliphatic heterocycles. The first kappa shape index (κ1) is 19.9. The van der Waals surface area contributed by atoms with Gasteiger partial charge in [0.1, 0.15) is 5.82 Å². The van der Waals surface area contributed by atoms with E-state index in [1.165, 1.54) is 10.2 Å². The maximum Gasteiger partial charge on any atom is 0.346 e. The molecule has 1 aliphatic carbocycles. The van der Waals surface area contributed by atoms with Crippen molar-refractivity contribution in [3.63, 3.8) is 0 Å². The highest BCUT2D eigenvalue weighted by Gasteiger charge is 2.35. The van der Waals surface area contributed by atoms with Crippen molar-refractivity contribution in [2.24, 2.45) is 0 Å². The van der Waals surface area contributed by atoms with Crippen LogP contribution >= 0.6 is 0 Å². The molecule has 0 radical (unpaired) electrons. The number of rotatable bonds is 6. The molecule has 0 N–H and O–H groups in total. The van der Waals surface area contributed by atoms with Crippen molar-refractivity contribution in [3.8, 4) is 0 Å². The minimum Gasteiger partial charge on any atom is -0.383 e. The summed E-state index contributed by atoms with van der Waals surface area (Å²) in [6, 6.07) is 6.15. The Kier molecular flexibility index (Phi) is 5.58. The zero-order valence-corrected chi connectivity index (χ0v) is 17.6. The van der Waals surface area contributed by atoms with Crippen molar-refractivity contribution in [1.29, 1.82) is 0 Å². The van der Waals surface area contributed by atoms with E-state index in [1.54, 1.807) is 7.11 Å². The van der Waals surface area contributed by atoms with Gasteiger partial charge >= 0.3 is 5.69 Å². The van der Waals surface area contributed by atoms with Crippen LogP contribution in [0.1, 0.15) is 65.0 Å². The van der Waals surface area contributed by atoms with Gasteiger partial charge < -0.3 is 9.64 Å². The van der Waals surface area contributed by atoms with Crippen molar-refractivity contribution < 1.29 is 9.53 Å². The molecule has 0 spiro atoms. The third-order valence-corrected chi connectivity index (χ3v) is 6.14. The van der Waals surface area contributed by atoms with Gasteiger partial charge in [0.25, 0.3) is 5.91 Å². The summed E-state index contributed by atoms with van der Waals surface area (Å²) in [7, 11) is 1.63. The minimum atomic E-state index is -0.0443. The number of carbonyl (C=O) groups excluding carboxylic acids is 1. The van der Waals surface area contributed by atoms with Crippen LogP contribution in [0.15, 0.2) is 23.0 Å². The Morgan fingerprint density at radius 2 is 2.00 bits per heavy atom. The van der Waals surface area contributed by atoms with Crippen molar-refractivity contribution in [1.82, 2.24) is 19.2 Å². The van der Waals surface area contributed by atoms with Crippen LogP contribution in [0.4, 0.5) is 0 Å². The average molecular weight is 399 g/mol. The zero-order chi connectivity index (χ0) is 20.5. The fraction of sp³-hybridized carbons (Fsp3) is 0.591. The van der Waals surface area contributed by atoms with E-state index in [4.69, 9.17) is 4.74 Å². The van der Waals surface area contributed by atoms with Gasteiger partial charge in [0.05, 0.1) is 13.2 Å². The van der Waals surface area contributed by atoms with Crippen LogP contribution < -0.4 is 5.69 Å². The van der Waals surface area contributed by atoms with Crippen LogP contribution in [0.5, 0.6) is 0 Å². The molecule has 1 saturated carbocycles. The first-order chi connectivity index (χ1) is 14.0. The second-order valence-electron chi connectivity index (χ2n) is 8.35. The lowest BCUT2D eigenvalue weighted by Crippen LogP contribution is -2.40. The SMILES string of the molecule is COCCn1nc(C2CCCN(C(=O)c3ccc(C)c(C)c3)C2)n(C2CC2)c1=O. The number of aromatic nitrogens is 3. The van der Waals surface area contributed by atoms with Gasteiger partial charge in [-0.25, -0.2) is 9.48 Å². The third-order valence-electron chi connectivity index (χ3n) is 6.14. The van der Waals surface area contributed by atoms with Crippen LogP contribution in [0.3, 0.4) is 0 Å². The quantitative estimate of drug-likeness (QED) is 0.750. The standard InChI is InChI=1S/C22H30N4O3/c1-15-6-7-17(13-16(15)2)21(27)24-10-4-5-18(14-24)20-23-25(11-12-29-3)22(28)26(20)19-8-9-19/h6-7,13,18-19H,4-5,8-12,14H2,1-3H3. The summed E-state index contributed by atoms with van der Waals surface area (Å²) in [4.78, 5) is 27.9. The molecule has 156 valence electrons. The molecule has 2 aliphatic rings. The summed E-state index contributed by atoms with van der Waals surface area (Å²) in [5.74, 6) is 1.000. The Bertz CT molecular complexity index is 957. The van der Waals surface area contributed by atoms with E-state index in [-0.39, 0.29) is 23.6 Å². The largest absolute Gasteiger partial charge is 0.383 e. The molecule has 4 rings (SSSR count). The smallest absolute Gasteiger partial charge is 0.346 e. The van der Waals surface area contributed by atoms with E-state index in [2.05, 4.69) is 12.0 Å². The Morgan fingerprint density at radius 1 is 1.21 bits per heavy atom. The van der Waals surface area contributed by atoms with E-state index in [1.807, 2.05) is 34.6 Å². The molecule has 1 unspecified atom stereocenters. The molecule has 1 amide bonds. The number of amides is 1. The number of aryl methyl sites for hydroxylation is 2. The van der Waals surface area contributed by atoms with Gasteiger partial charge in [-0.3, -0.25) is 9.36 Å². The molecule has 1 aromatic heterocycles. The van der Waals surface area contributed by atoms with Gasteiger partial charge in [-0.05, 0) is 62.8 Å². The Hall–Kier alpha value is -2.41. The highest BCUT2D eigenvalue weighted by atomic mass is 16.5. The number of hydrogen-bond acceptors (Lipinski definition) is 4. The summed E-state index contributed by atoms with van der Waals surface area (Å²) in [6.45, 7) is 6.37. The predicted molar refractivity (Wildman–Crippen MR) is 110 cm³/mol. The lowest BCUT2D eigenvalue weighted by atomic mass is 9.96. The highest BCUT2D eigenvalue weighted by molar-refractivity contribution is 5.94. The van der Waals surface area contributed by atoms with Gasteiger partial charge in [0, 0.05) is 37.7 Å². The summed E-state index contributed by atoms with van der Waals surface area (Å²) in [6.07, 6.45) is 3.93. The minimum absolute atomic E-state index is 0.0443. The molecule has 2 heterocycles. The van der Waals surface area contributed by atoms with Gasteiger partial charge in [0.2, 0.25) is 0 Å². The number of nitrogens with zero attached hydrogens (tertiary/aromatic N) is 4. The fourth-order valence-corrected chi connectivity index (χ4v) is 4.14. The number of carbonyl (C=O) groups is 1. The molecule has 7 heteroatoms. The van der Waals surface area contributed by atoms with E-state index in [0.29, 0.717) is 19.7 Å². The maximum absolute atomic E-state index is 13.1. The molecule has 29 heavy (non-hydrogen) atoms. The molecule has 2 fully saturated rings. The number of ether oxygens (including phenoxy) is 1. The molecular formula is C22H30N4O3. The summed E-state index contributed by atoms with van der Waals surface area (Å²) in [5, 5.41) is 4.67. The van der Waals surface area contributed by atoms with Crippen molar-refractivity contribution in [2.45, 2.75) is 58.0 Å². The van der Waals surface area contributed by atoms with Gasteiger partial charge in [-0.2, -0.15) is 5.10 Å². The normalized spacial score (nSPS) is 19.6. The monoisotopic (exact) mass is 398 g/mol. The molecule has 1 saturated heterocycles. The molecule has 7 nitrogen and oxygen atoms in total.